The lowest BCUT2D eigenvalue weighted by molar-refractivity contribution is 0.338. The van der Waals surface area contributed by atoms with Gasteiger partial charge in [-0.3, -0.25) is 0 Å². The highest BCUT2D eigenvalue weighted by molar-refractivity contribution is 14.1. The highest BCUT2D eigenvalue weighted by Gasteiger charge is 2.15. The first kappa shape index (κ1) is 11.7. The number of nitrogens with two attached hydrogens (primary N) is 1. The van der Waals surface area contributed by atoms with E-state index in [1.54, 1.807) is 0 Å². The molecule has 0 aromatic carbocycles. The summed E-state index contributed by atoms with van der Waals surface area (Å²) in [7, 11) is 0. The molecular formula is C9H20IN. The summed E-state index contributed by atoms with van der Waals surface area (Å²) in [5.41, 5.74) is 5.69. The molecule has 0 aliphatic rings. The molecule has 0 bridgehead atoms. The van der Waals surface area contributed by atoms with Crippen LogP contribution in [0, 0.1) is 11.8 Å². The second kappa shape index (κ2) is 6.23. The molecule has 0 radical (unpaired) electrons. The van der Waals surface area contributed by atoms with Crippen molar-refractivity contribution >= 4 is 22.6 Å². The molecule has 0 aliphatic heterocycles. The van der Waals surface area contributed by atoms with Crippen molar-refractivity contribution in [3.63, 3.8) is 0 Å². The Hall–Kier alpha value is 0.690. The number of rotatable bonds is 5. The smallest absolute Gasteiger partial charge is 0.00845 e. The fourth-order valence-electron chi connectivity index (χ4n) is 1.31. The summed E-state index contributed by atoms with van der Waals surface area (Å²) in [6.07, 6.45) is 2.53. The van der Waals surface area contributed by atoms with Crippen LogP contribution in [0.2, 0.25) is 0 Å². The number of alkyl halides is 1. The van der Waals surface area contributed by atoms with Gasteiger partial charge in [-0.05, 0) is 24.8 Å². The van der Waals surface area contributed by atoms with Gasteiger partial charge in [0.15, 0.2) is 0 Å². The SMILES string of the molecule is CCC(C)C(CN)CC(C)I. The molecule has 0 aromatic heterocycles. The summed E-state index contributed by atoms with van der Waals surface area (Å²) in [5.74, 6) is 1.52. The van der Waals surface area contributed by atoms with Crippen LogP contribution in [0.15, 0.2) is 0 Å². The maximum atomic E-state index is 5.69. The van der Waals surface area contributed by atoms with Crippen LogP contribution < -0.4 is 5.73 Å². The van der Waals surface area contributed by atoms with Crippen LogP contribution >= 0.6 is 22.6 Å². The van der Waals surface area contributed by atoms with Crippen molar-refractivity contribution in [1.82, 2.24) is 0 Å². The third-order valence-electron chi connectivity index (χ3n) is 2.38. The Morgan fingerprint density at radius 3 is 2.18 bits per heavy atom. The molecule has 3 atom stereocenters. The molecule has 3 unspecified atom stereocenters. The molecule has 0 heterocycles. The Labute approximate surface area is 84.3 Å². The zero-order valence-electron chi connectivity index (χ0n) is 7.81. The Morgan fingerprint density at radius 2 is 1.91 bits per heavy atom. The molecule has 0 aromatic rings. The normalized spacial score (nSPS) is 19.4. The number of hydrogen-bond donors (Lipinski definition) is 1. The lowest BCUT2D eigenvalue weighted by atomic mass is 9.88. The molecule has 2 N–H and O–H groups in total. The van der Waals surface area contributed by atoms with Gasteiger partial charge in [0.05, 0.1) is 0 Å². The van der Waals surface area contributed by atoms with Gasteiger partial charge >= 0.3 is 0 Å². The van der Waals surface area contributed by atoms with Crippen molar-refractivity contribution < 1.29 is 0 Å². The Morgan fingerprint density at radius 1 is 1.36 bits per heavy atom. The van der Waals surface area contributed by atoms with E-state index in [0.29, 0.717) is 0 Å². The van der Waals surface area contributed by atoms with E-state index in [4.69, 9.17) is 5.73 Å². The van der Waals surface area contributed by atoms with E-state index in [0.717, 1.165) is 22.3 Å². The minimum atomic E-state index is 0.729. The Balaban J connectivity index is 3.74. The highest BCUT2D eigenvalue weighted by Crippen LogP contribution is 2.22. The van der Waals surface area contributed by atoms with Crippen molar-refractivity contribution in [3.8, 4) is 0 Å². The van der Waals surface area contributed by atoms with Crippen LogP contribution in [0.3, 0.4) is 0 Å². The molecule has 68 valence electrons. The zero-order chi connectivity index (χ0) is 8.85. The van der Waals surface area contributed by atoms with Crippen molar-refractivity contribution in [3.05, 3.63) is 0 Å². The van der Waals surface area contributed by atoms with Crippen molar-refractivity contribution in [2.24, 2.45) is 17.6 Å². The van der Waals surface area contributed by atoms with Gasteiger partial charge in [-0.2, -0.15) is 0 Å². The van der Waals surface area contributed by atoms with Crippen LogP contribution in [-0.4, -0.2) is 10.5 Å². The predicted octanol–water partition coefficient (Wildman–Crippen LogP) is 2.82. The maximum absolute atomic E-state index is 5.69. The van der Waals surface area contributed by atoms with Gasteiger partial charge in [0.1, 0.15) is 0 Å². The molecule has 0 saturated carbocycles. The molecule has 0 amide bonds. The third-order valence-corrected chi connectivity index (χ3v) is 2.89. The first-order chi connectivity index (χ1) is 5.11. The minimum absolute atomic E-state index is 0.729. The predicted molar refractivity (Wildman–Crippen MR) is 60.1 cm³/mol. The average molecular weight is 269 g/mol. The van der Waals surface area contributed by atoms with E-state index in [9.17, 15) is 0 Å². The fraction of sp³-hybridized carbons (Fsp3) is 1.00. The third kappa shape index (κ3) is 5.01. The van der Waals surface area contributed by atoms with Crippen LogP contribution in [0.1, 0.15) is 33.6 Å². The van der Waals surface area contributed by atoms with Crippen LogP contribution in [0.25, 0.3) is 0 Å². The van der Waals surface area contributed by atoms with Gasteiger partial charge in [0.25, 0.3) is 0 Å². The van der Waals surface area contributed by atoms with Gasteiger partial charge in [-0.1, -0.05) is 49.8 Å². The van der Waals surface area contributed by atoms with Crippen molar-refractivity contribution in [2.45, 2.75) is 37.5 Å². The molecule has 0 spiro atoms. The largest absolute Gasteiger partial charge is 0.330 e. The summed E-state index contributed by atoms with van der Waals surface area (Å²) < 4.78 is 0.759. The quantitative estimate of drug-likeness (QED) is 0.602. The van der Waals surface area contributed by atoms with Crippen molar-refractivity contribution in [2.75, 3.05) is 6.54 Å². The molecular weight excluding hydrogens is 249 g/mol. The van der Waals surface area contributed by atoms with Gasteiger partial charge in [-0.15, -0.1) is 0 Å². The lowest BCUT2D eigenvalue weighted by Gasteiger charge is -2.22. The van der Waals surface area contributed by atoms with Crippen molar-refractivity contribution in [1.29, 1.82) is 0 Å². The highest BCUT2D eigenvalue weighted by atomic mass is 127. The zero-order valence-corrected chi connectivity index (χ0v) is 9.97. The molecule has 11 heavy (non-hydrogen) atoms. The van der Waals surface area contributed by atoms with Crippen LogP contribution in [0.5, 0.6) is 0 Å². The number of halogens is 1. The van der Waals surface area contributed by atoms with E-state index >= 15 is 0 Å². The molecule has 2 heteroatoms. The summed E-state index contributed by atoms with van der Waals surface area (Å²) in [6.45, 7) is 7.65. The fourth-order valence-corrected chi connectivity index (χ4v) is 1.96. The van der Waals surface area contributed by atoms with Gasteiger partial charge in [0.2, 0.25) is 0 Å². The van der Waals surface area contributed by atoms with Gasteiger partial charge in [0, 0.05) is 3.92 Å². The second-order valence-corrected chi connectivity index (χ2v) is 5.52. The first-order valence-corrected chi connectivity index (χ1v) is 5.70. The monoisotopic (exact) mass is 269 g/mol. The van der Waals surface area contributed by atoms with Gasteiger partial charge in [-0.25, -0.2) is 0 Å². The lowest BCUT2D eigenvalue weighted by Crippen LogP contribution is -2.23. The van der Waals surface area contributed by atoms with Crippen LogP contribution in [-0.2, 0) is 0 Å². The molecule has 0 aliphatic carbocycles. The number of hydrogen-bond acceptors (Lipinski definition) is 1. The van der Waals surface area contributed by atoms with E-state index < -0.39 is 0 Å². The maximum Gasteiger partial charge on any atom is 0.00845 e. The standard InChI is InChI=1S/C9H20IN/c1-4-7(2)9(6-11)5-8(3)10/h7-9H,4-6,11H2,1-3H3. The van der Waals surface area contributed by atoms with Crippen LogP contribution in [0.4, 0.5) is 0 Å². The Kier molecular flexibility index (Phi) is 6.62. The molecule has 0 fully saturated rings. The van der Waals surface area contributed by atoms with E-state index in [1.165, 1.54) is 12.8 Å². The summed E-state index contributed by atoms with van der Waals surface area (Å²) in [6, 6.07) is 0. The molecule has 0 rings (SSSR count). The average Bonchev–Trinajstić information content (AvgIpc) is 1.98. The first-order valence-electron chi connectivity index (χ1n) is 4.45. The minimum Gasteiger partial charge on any atom is -0.330 e. The summed E-state index contributed by atoms with van der Waals surface area (Å²) in [4.78, 5) is 0. The summed E-state index contributed by atoms with van der Waals surface area (Å²) in [5, 5.41) is 0. The second-order valence-electron chi connectivity index (χ2n) is 3.40. The summed E-state index contributed by atoms with van der Waals surface area (Å²) >= 11 is 2.48. The Bertz CT molecular complexity index is 93.6. The van der Waals surface area contributed by atoms with E-state index in [2.05, 4.69) is 43.4 Å². The van der Waals surface area contributed by atoms with E-state index in [-0.39, 0.29) is 0 Å². The molecule has 0 saturated heterocycles. The van der Waals surface area contributed by atoms with E-state index in [1.807, 2.05) is 0 Å². The van der Waals surface area contributed by atoms with Gasteiger partial charge < -0.3 is 5.73 Å². The topological polar surface area (TPSA) is 26.0 Å². The molecule has 1 nitrogen and oxygen atoms in total.